The molecule has 0 spiro atoms. The van der Waals surface area contributed by atoms with E-state index in [0.717, 1.165) is 0 Å². The predicted molar refractivity (Wildman–Crippen MR) is 50.8 cm³/mol. The Morgan fingerprint density at radius 3 is 2.33 bits per heavy atom. The van der Waals surface area contributed by atoms with Crippen LogP contribution in [0, 0.1) is 0 Å². The molecule has 74 valence electrons. The van der Waals surface area contributed by atoms with Gasteiger partial charge in [-0.1, -0.05) is 6.92 Å². The fraction of sp³-hybridized carbons (Fsp3) is 0.750. The Balaban J connectivity index is -0.000000605. The van der Waals surface area contributed by atoms with Crippen molar-refractivity contribution in [3.05, 3.63) is 0 Å². The van der Waals surface area contributed by atoms with Gasteiger partial charge in [-0.15, -0.1) is 0 Å². The van der Waals surface area contributed by atoms with Crippen LogP contribution in [-0.4, -0.2) is 24.9 Å². The van der Waals surface area contributed by atoms with Gasteiger partial charge in [0.05, 0.1) is 0 Å². The van der Waals surface area contributed by atoms with E-state index in [9.17, 15) is 9.59 Å². The van der Waals surface area contributed by atoms with Gasteiger partial charge in [0, 0.05) is 28.8 Å². The van der Waals surface area contributed by atoms with Crippen molar-refractivity contribution >= 4 is 11.8 Å². The highest BCUT2D eigenvalue weighted by Crippen LogP contribution is 1.79. The molecule has 0 aromatic heterocycles. The smallest absolute Gasteiger partial charge is 0.221 e. The summed E-state index contributed by atoms with van der Waals surface area (Å²) in [6, 6.07) is 0. The zero-order chi connectivity index (χ0) is 9.40. The van der Waals surface area contributed by atoms with Crippen molar-refractivity contribution in [1.82, 2.24) is 10.6 Å². The first-order valence-electron chi connectivity index (χ1n) is 4.24. The van der Waals surface area contributed by atoms with E-state index in [4.69, 9.17) is 0 Å². The van der Waals surface area contributed by atoms with Crippen LogP contribution in [0.3, 0.4) is 0 Å². The summed E-state index contributed by atoms with van der Waals surface area (Å²) >= 11 is 0. The Kier molecular flexibility index (Phi) is 6.05. The molecule has 0 radical (unpaired) electrons. The van der Waals surface area contributed by atoms with Crippen LogP contribution in [0.1, 0.15) is 29.5 Å². The fourth-order valence-electron chi connectivity index (χ4n) is 0.726. The highest BCUT2D eigenvalue weighted by atomic mass is 16.2. The second-order valence-electron chi connectivity index (χ2n) is 2.41. The normalized spacial score (nSPS) is 9.17. The Hall–Kier alpha value is -1.06. The summed E-state index contributed by atoms with van der Waals surface area (Å²) in [5.74, 6) is -0.0341. The molecular weight excluding hydrogens is 156 g/mol. The molecule has 0 aromatic rings. The second kappa shape index (κ2) is 6.64. The van der Waals surface area contributed by atoms with E-state index in [-0.39, 0.29) is 14.7 Å². The largest absolute Gasteiger partial charge is 0.356 e. The molecule has 0 rings (SSSR count). The molecular formula is C8H20N2O2. The molecule has 0 unspecified atom stereocenters. The van der Waals surface area contributed by atoms with E-state index < -0.39 is 0 Å². The number of hydrogen-bond donors (Lipinski definition) is 2. The van der Waals surface area contributed by atoms with Gasteiger partial charge in [-0.05, 0) is 6.92 Å². The van der Waals surface area contributed by atoms with Crippen LogP contribution in [0.25, 0.3) is 0 Å². The van der Waals surface area contributed by atoms with Crippen molar-refractivity contribution in [2.24, 2.45) is 0 Å². The molecule has 0 aromatic carbocycles. The summed E-state index contributed by atoms with van der Waals surface area (Å²) in [4.78, 5) is 21.6. The first-order valence-corrected chi connectivity index (χ1v) is 4.24. The molecule has 0 saturated carbocycles. The topological polar surface area (TPSA) is 58.2 Å². The zero-order valence-electron chi connectivity index (χ0n) is 7.64. The summed E-state index contributed by atoms with van der Waals surface area (Å²) in [6.45, 7) is 4.71. The Morgan fingerprint density at radius 2 is 1.83 bits per heavy atom. The molecule has 12 heavy (non-hydrogen) atoms. The van der Waals surface area contributed by atoms with Crippen molar-refractivity contribution in [2.75, 3.05) is 13.1 Å². The quantitative estimate of drug-likeness (QED) is 0.642. The molecule has 0 heterocycles. The Labute approximate surface area is 75.7 Å². The molecule has 0 aliphatic heterocycles. The standard InChI is InChI=1S/C8H16N2O2.2H2/c1-3-7(11)10-6-5-8(12)9-4-2;;/h3-6H2,1-2H3,(H,9,12)(H,10,11);2*1H. The lowest BCUT2D eigenvalue weighted by Gasteiger charge is -2.03. The first-order chi connectivity index (χ1) is 5.70. The summed E-state index contributed by atoms with van der Waals surface area (Å²) in [5, 5.41) is 5.27. The van der Waals surface area contributed by atoms with Crippen LogP contribution in [0.2, 0.25) is 0 Å². The van der Waals surface area contributed by atoms with Crippen molar-refractivity contribution in [1.29, 1.82) is 0 Å². The number of carbonyl (C=O) groups excluding carboxylic acids is 2. The second-order valence-corrected chi connectivity index (χ2v) is 2.41. The van der Waals surface area contributed by atoms with Crippen molar-refractivity contribution in [2.45, 2.75) is 26.7 Å². The van der Waals surface area contributed by atoms with Gasteiger partial charge in [-0.3, -0.25) is 9.59 Å². The van der Waals surface area contributed by atoms with Crippen LogP contribution in [0.5, 0.6) is 0 Å². The summed E-state index contributed by atoms with van der Waals surface area (Å²) < 4.78 is 0. The minimum Gasteiger partial charge on any atom is -0.356 e. The highest BCUT2D eigenvalue weighted by Gasteiger charge is 1.99. The van der Waals surface area contributed by atoms with Crippen molar-refractivity contribution in [3.8, 4) is 0 Å². The third-order valence-corrected chi connectivity index (χ3v) is 1.37. The first kappa shape index (κ1) is 10.9. The molecule has 0 fully saturated rings. The third kappa shape index (κ3) is 5.70. The monoisotopic (exact) mass is 176 g/mol. The van der Waals surface area contributed by atoms with Crippen LogP contribution in [-0.2, 0) is 9.59 Å². The fourth-order valence-corrected chi connectivity index (χ4v) is 0.726. The Morgan fingerprint density at radius 1 is 1.17 bits per heavy atom. The number of nitrogens with one attached hydrogen (secondary N) is 2. The average Bonchev–Trinajstić information content (AvgIpc) is 2.04. The lowest BCUT2D eigenvalue weighted by molar-refractivity contribution is -0.122. The molecule has 0 bridgehead atoms. The molecule has 0 aliphatic carbocycles. The van der Waals surface area contributed by atoms with Gasteiger partial charge >= 0.3 is 0 Å². The summed E-state index contributed by atoms with van der Waals surface area (Å²) in [7, 11) is 0. The van der Waals surface area contributed by atoms with Gasteiger partial charge in [0.25, 0.3) is 0 Å². The lowest BCUT2D eigenvalue weighted by Crippen LogP contribution is -2.30. The van der Waals surface area contributed by atoms with Crippen LogP contribution < -0.4 is 10.6 Å². The molecule has 2 amide bonds. The maximum Gasteiger partial charge on any atom is 0.221 e. The van der Waals surface area contributed by atoms with E-state index >= 15 is 0 Å². The number of amides is 2. The number of carbonyl (C=O) groups is 2. The van der Waals surface area contributed by atoms with Gasteiger partial charge in [-0.2, -0.15) is 0 Å². The van der Waals surface area contributed by atoms with E-state index in [1.54, 1.807) is 6.92 Å². The molecule has 0 saturated heterocycles. The van der Waals surface area contributed by atoms with Gasteiger partial charge in [-0.25, -0.2) is 0 Å². The van der Waals surface area contributed by atoms with Crippen molar-refractivity contribution in [3.63, 3.8) is 0 Å². The van der Waals surface area contributed by atoms with Gasteiger partial charge in [0.15, 0.2) is 0 Å². The zero-order valence-corrected chi connectivity index (χ0v) is 7.64. The molecule has 4 nitrogen and oxygen atoms in total. The number of rotatable bonds is 5. The van der Waals surface area contributed by atoms with Gasteiger partial charge in [0.1, 0.15) is 0 Å². The van der Waals surface area contributed by atoms with E-state index in [1.165, 1.54) is 0 Å². The average molecular weight is 176 g/mol. The maximum atomic E-state index is 10.9. The van der Waals surface area contributed by atoms with Crippen LogP contribution >= 0.6 is 0 Å². The summed E-state index contributed by atoms with van der Waals surface area (Å²) in [5.41, 5.74) is 0. The minimum absolute atomic E-state index is 0. The van der Waals surface area contributed by atoms with E-state index in [1.807, 2.05) is 6.92 Å². The van der Waals surface area contributed by atoms with Crippen LogP contribution in [0.15, 0.2) is 0 Å². The summed E-state index contributed by atoms with van der Waals surface area (Å²) in [6.07, 6.45) is 0.828. The molecule has 0 aliphatic rings. The lowest BCUT2D eigenvalue weighted by atomic mass is 10.3. The molecule has 2 N–H and O–H groups in total. The third-order valence-electron chi connectivity index (χ3n) is 1.37. The van der Waals surface area contributed by atoms with Gasteiger partial charge in [0.2, 0.25) is 11.8 Å². The molecule has 0 atom stereocenters. The SMILES string of the molecule is CCNC(=O)CCNC(=O)CC.[HH].[HH]. The minimum atomic E-state index is -0.0195. The predicted octanol–water partition coefficient (Wildman–Crippen LogP) is 0.531. The van der Waals surface area contributed by atoms with Crippen LogP contribution in [0.4, 0.5) is 0 Å². The van der Waals surface area contributed by atoms with Crippen molar-refractivity contribution < 1.29 is 12.4 Å². The maximum absolute atomic E-state index is 10.9. The molecule has 4 heteroatoms. The van der Waals surface area contributed by atoms with E-state index in [2.05, 4.69) is 10.6 Å². The Bertz CT molecular complexity index is 165. The number of hydrogen-bond acceptors (Lipinski definition) is 2. The van der Waals surface area contributed by atoms with Gasteiger partial charge < -0.3 is 10.6 Å². The van der Waals surface area contributed by atoms with E-state index in [0.29, 0.717) is 25.9 Å². The highest BCUT2D eigenvalue weighted by molar-refractivity contribution is 5.78.